The first-order valence-corrected chi connectivity index (χ1v) is 7.58. The molecule has 0 saturated carbocycles. The highest BCUT2D eigenvalue weighted by Crippen LogP contribution is 2.23. The van der Waals surface area contributed by atoms with Crippen molar-refractivity contribution in [1.29, 1.82) is 0 Å². The van der Waals surface area contributed by atoms with Gasteiger partial charge >= 0.3 is 10.1 Å². The van der Waals surface area contributed by atoms with Gasteiger partial charge in [-0.05, 0) is 24.3 Å². The van der Waals surface area contributed by atoms with Crippen molar-refractivity contribution in [1.82, 2.24) is 9.97 Å². The van der Waals surface area contributed by atoms with Crippen LogP contribution >= 0.6 is 12.6 Å². The summed E-state index contributed by atoms with van der Waals surface area (Å²) in [7, 11) is -3.83. The minimum absolute atomic E-state index is 0.111. The van der Waals surface area contributed by atoms with Crippen LogP contribution in [0.4, 0.5) is 0 Å². The van der Waals surface area contributed by atoms with Crippen LogP contribution in [0.25, 0.3) is 11.0 Å². The summed E-state index contributed by atoms with van der Waals surface area (Å²) >= 11 is 4.09. The number of aromatic nitrogens is 2. The molecule has 0 fully saturated rings. The number of hydrogen-bond donors (Lipinski definition) is 2. The van der Waals surface area contributed by atoms with Crippen LogP contribution in [-0.2, 0) is 10.1 Å². The average molecular weight is 306 g/mol. The third-order valence-electron chi connectivity index (χ3n) is 2.68. The second-order valence-electron chi connectivity index (χ2n) is 4.09. The van der Waals surface area contributed by atoms with Gasteiger partial charge in [-0.2, -0.15) is 8.42 Å². The molecule has 7 heteroatoms. The highest BCUT2D eigenvalue weighted by molar-refractivity contribution is 7.87. The Morgan fingerprint density at radius 2 is 1.85 bits per heavy atom. The minimum Gasteiger partial charge on any atom is -0.379 e. The second kappa shape index (κ2) is 4.84. The molecule has 0 amide bonds. The maximum Gasteiger partial charge on any atom is 0.339 e. The molecule has 1 heterocycles. The van der Waals surface area contributed by atoms with E-state index in [1.54, 1.807) is 36.4 Å². The van der Waals surface area contributed by atoms with E-state index >= 15 is 0 Å². The van der Waals surface area contributed by atoms with Crippen molar-refractivity contribution in [3.63, 3.8) is 0 Å². The van der Waals surface area contributed by atoms with Gasteiger partial charge in [-0.25, -0.2) is 4.98 Å². The van der Waals surface area contributed by atoms with Crippen LogP contribution in [0.5, 0.6) is 5.75 Å². The molecule has 0 atom stereocenters. The number of nitrogens with zero attached hydrogens (tertiary/aromatic N) is 1. The summed E-state index contributed by atoms with van der Waals surface area (Å²) in [6, 6.07) is 12.8. The van der Waals surface area contributed by atoms with Gasteiger partial charge in [-0.1, -0.05) is 18.2 Å². The van der Waals surface area contributed by atoms with Gasteiger partial charge in [0.25, 0.3) is 0 Å². The molecule has 3 aromatic rings. The number of hydrogen-bond acceptors (Lipinski definition) is 5. The standard InChI is InChI=1S/C13H10N2O3S2/c16-20(17,10-4-2-1-3-5-10)18-9-6-7-11-12(8-9)15-13(19)14-11/h1-8H,(H2,14,15,19). The Balaban J connectivity index is 1.96. The number of thiol groups is 1. The number of imidazole rings is 1. The number of H-pyrrole nitrogens is 1. The lowest BCUT2D eigenvalue weighted by molar-refractivity contribution is 0.486. The molecule has 2 aromatic carbocycles. The summed E-state index contributed by atoms with van der Waals surface area (Å²) in [5, 5.41) is 0.461. The average Bonchev–Trinajstić information content (AvgIpc) is 2.79. The molecule has 0 unspecified atom stereocenters. The largest absolute Gasteiger partial charge is 0.379 e. The summed E-state index contributed by atoms with van der Waals surface area (Å²) in [5.41, 5.74) is 1.36. The molecule has 3 rings (SSSR count). The molecule has 0 aliphatic rings. The van der Waals surface area contributed by atoms with Gasteiger partial charge in [-0.3, -0.25) is 0 Å². The van der Waals surface area contributed by atoms with E-state index in [4.69, 9.17) is 4.18 Å². The van der Waals surface area contributed by atoms with Crippen molar-refractivity contribution in [2.24, 2.45) is 0 Å². The van der Waals surface area contributed by atoms with Crippen molar-refractivity contribution in [3.05, 3.63) is 48.5 Å². The van der Waals surface area contributed by atoms with Gasteiger partial charge in [0, 0.05) is 6.07 Å². The summed E-state index contributed by atoms with van der Waals surface area (Å²) < 4.78 is 29.3. The predicted molar refractivity (Wildman–Crippen MR) is 77.6 cm³/mol. The smallest absolute Gasteiger partial charge is 0.339 e. The third-order valence-corrected chi connectivity index (χ3v) is 4.15. The maximum absolute atomic E-state index is 12.1. The Morgan fingerprint density at radius 3 is 2.60 bits per heavy atom. The molecule has 1 aromatic heterocycles. The lowest BCUT2D eigenvalue weighted by Gasteiger charge is -2.06. The van der Waals surface area contributed by atoms with E-state index < -0.39 is 10.1 Å². The fourth-order valence-corrected chi connectivity index (χ4v) is 2.96. The fourth-order valence-electron chi connectivity index (χ4n) is 1.79. The number of nitrogens with one attached hydrogen (secondary N) is 1. The first kappa shape index (κ1) is 13.0. The number of aromatic amines is 1. The molecule has 0 bridgehead atoms. The molecule has 0 saturated heterocycles. The summed E-state index contributed by atoms with van der Waals surface area (Å²) in [4.78, 5) is 7.13. The second-order valence-corrected chi connectivity index (χ2v) is 6.06. The van der Waals surface area contributed by atoms with E-state index in [0.717, 1.165) is 0 Å². The van der Waals surface area contributed by atoms with Crippen molar-refractivity contribution in [3.8, 4) is 5.75 Å². The molecule has 1 N–H and O–H groups in total. The van der Waals surface area contributed by atoms with E-state index in [-0.39, 0.29) is 10.6 Å². The highest BCUT2D eigenvalue weighted by atomic mass is 32.2. The zero-order chi connectivity index (χ0) is 14.2. The summed E-state index contributed by atoms with van der Waals surface area (Å²) in [6.45, 7) is 0. The number of fused-ring (bicyclic) bond motifs is 1. The Kier molecular flexibility index (Phi) is 3.15. The van der Waals surface area contributed by atoms with Gasteiger partial charge < -0.3 is 9.17 Å². The highest BCUT2D eigenvalue weighted by Gasteiger charge is 2.16. The summed E-state index contributed by atoms with van der Waals surface area (Å²) in [6.07, 6.45) is 0. The molecular weight excluding hydrogens is 296 g/mol. The lowest BCUT2D eigenvalue weighted by Crippen LogP contribution is -2.09. The van der Waals surface area contributed by atoms with Crippen LogP contribution in [0.2, 0.25) is 0 Å². The van der Waals surface area contributed by atoms with E-state index in [2.05, 4.69) is 22.6 Å². The zero-order valence-corrected chi connectivity index (χ0v) is 11.9. The molecule has 20 heavy (non-hydrogen) atoms. The minimum atomic E-state index is -3.83. The monoisotopic (exact) mass is 306 g/mol. The lowest BCUT2D eigenvalue weighted by atomic mass is 10.3. The first-order valence-electron chi connectivity index (χ1n) is 5.73. The van der Waals surface area contributed by atoms with Gasteiger partial charge in [0.2, 0.25) is 0 Å². The molecule has 0 aliphatic heterocycles. The third kappa shape index (κ3) is 2.50. The Hall–Kier alpha value is -1.99. The molecule has 0 spiro atoms. The van der Waals surface area contributed by atoms with Crippen LogP contribution in [0.3, 0.4) is 0 Å². The zero-order valence-electron chi connectivity index (χ0n) is 10.1. The van der Waals surface area contributed by atoms with Crippen LogP contribution in [-0.4, -0.2) is 18.4 Å². The van der Waals surface area contributed by atoms with Crippen molar-refractivity contribution >= 4 is 33.8 Å². The van der Waals surface area contributed by atoms with E-state index in [1.807, 2.05) is 0 Å². The SMILES string of the molecule is O=S(=O)(Oc1ccc2nc(S)[nH]c2c1)c1ccccc1. The Morgan fingerprint density at radius 1 is 1.10 bits per heavy atom. The van der Waals surface area contributed by atoms with E-state index in [9.17, 15) is 8.42 Å². The van der Waals surface area contributed by atoms with Gasteiger partial charge in [0.1, 0.15) is 10.6 Å². The van der Waals surface area contributed by atoms with Gasteiger partial charge in [0.15, 0.2) is 5.16 Å². The van der Waals surface area contributed by atoms with E-state index in [1.165, 1.54) is 12.1 Å². The predicted octanol–water partition coefficient (Wildman–Crippen LogP) is 2.62. The van der Waals surface area contributed by atoms with Gasteiger partial charge in [0.05, 0.1) is 11.0 Å². The Labute approximate surface area is 121 Å². The topological polar surface area (TPSA) is 72.1 Å². The van der Waals surface area contributed by atoms with Crippen molar-refractivity contribution < 1.29 is 12.6 Å². The summed E-state index contributed by atoms with van der Waals surface area (Å²) in [5.74, 6) is 0.221. The molecule has 0 aliphatic carbocycles. The van der Waals surface area contributed by atoms with Crippen molar-refractivity contribution in [2.75, 3.05) is 0 Å². The molecule has 102 valence electrons. The molecule has 5 nitrogen and oxygen atoms in total. The Bertz CT molecular complexity index is 858. The quantitative estimate of drug-likeness (QED) is 0.576. The maximum atomic E-state index is 12.1. The van der Waals surface area contributed by atoms with Crippen LogP contribution < -0.4 is 4.18 Å². The fraction of sp³-hybridized carbons (Fsp3) is 0. The normalized spacial score (nSPS) is 11.7. The van der Waals surface area contributed by atoms with E-state index in [0.29, 0.717) is 16.2 Å². The first-order chi connectivity index (χ1) is 9.54. The van der Waals surface area contributed by atoms with Crippen LogP contribution in [0.15, 0.2) is 58.6 Å². The number of benzene rings is 2. The van der Waals surface area contributed by atoms with Crippen LogP contribution in [0.1, 0.15) is 0 Å². The van der Waals surface area contributed by atoms with Crippen LogP contribution in [0, 0.1) is 0 Å². The number of rotatable bonds is 3. The van der Waals surface area contributed by atoms with Crippen molar-refractivity contribution in [2.45, 2.75) is 10.1 Å². The molecular formula is C13H10N2O3S2. The molecule has 0 radical (unpaired) electrons. The van der Waals surface area contributed by atoms with Gasteiger partial charge in [-0.15, -0.1) is 12.6 Å².